The van der Waals surface area contributed by atoms with E-state index in [-0.39, 0.29) is 46.1 Å². The molecule has 0 atom stereocenters. The van der Waals surface area contributed by atoms with Crippen molar-refractivity contribution < 1.29 is 18.8 Å². The van der Waals surface area contributed by atoms with Crippen LogP contribution in [0.25, 0.3) is 0 Å². The normalized spacial score (nSPS) is 11.2. The average molecular weight is 379 g/mol. The van der Waals surface area contributed by atoms with Crippen molar-refractivity contribution in [2.75, 3.05) is 23.4 Å². The van der Waals surface area contributed by atoms with Crippen molar-refractivity contribution in [2.24, 2.45) is 0 Å². The maximum Gasteiger partial charge on any atom is 0.343 e. The van der Waals surface area contributed by atoms with Crippen molar-refractivity contribution in [3.8, 4) is 0 Å². The number of carbonyl (C=O) groups excluding carboxylic acids is 2. The molecule has 2 aromatic heterocycles. The number of hydrogen-bond donors (Lipinski definition) is 2. The number of ether oxygens (including phenoxy) is 1. The second-order valence-corrected chi connectivity index (χ2v) is 7.28. The second-order valence-electron chi connectivity index (χ2n) is 6.34. The van der Waals surface area contributed by atoms with Crippen molar-refractivity contribution in [3.63, 3.8) is 0 Å². The number of nitrogens with one attached hydrogen (secondary N) is 1. The molecule has 10 heteroatoms. The van der Waals surface area contributed by atoms with Crippen LogP contribution in [-0.2, 0) is 14.9 Å². The van der Waals surface area contributed by atoms with Gasteiger partial charge in [0.2, 0.25) is 11.8 Å². The molecule has 0 aliphatic heterocycles. The van der Waals surface area contributed by atoms with Gasteiger partial charge >= 0.3 is 5.97 Å². The number of amides is 1. The van der Waals surface area contributed by atoms with Crippen LogP contribution >= 0.6 is 11.8 Å². The molecule has 0 radical (unpaired) electrons. The largest absolute Gasteiger partial charge is 0.462 e. The number of anilines is 2. The number of aromatic nitrogens is 3. The number of esters is 1. The molecule has 3 N–H and O–H groups in total. The molecule has 9 nitrogen and oxygen atoms in total. The SMILES string of the molecule is CCOC(=O)c1cnc(SCC(=O)Nc2cc(C(C)(C)C)no2)nc1N. The first-order valence-electron chi connectivity index (χ1n) is 7.90. The van der Waals surface area contributed by atoms with Crippen LogP contribution in [0, 0.1) is 0 Å². The molecule has 0 aliphatic carbocycles. The van der Waals surface area contributed by atoms with Gasteiger partial charge < -0.3 is 15.0 Å². The highest BCUT2D eigenvalue weighted by molar-refractivity contribution is 7.99. The number of nitrogens with two attached hydrogens (primary N) is 1. The number of carbonyl (C=O) groups is 2. The summed E-state index contributed by atoms with van der Waals surface area (Å²) in [5.74, 6) is -0.559. The molecule has 0 aromatic carbocycles. The van der Waals surface area contributed by atoms with Gasteiger partial charge in [0, 0.05) is 17.7 Å². The summed E-state index contributed by atoms with van der Waals surface area (Å²) < 4.78 is 9.96. The fourth-order valence-electron chi connectivity index (χ4n) is 1.80. The fraction of sp³-hybridized carbons (Fsp3) is 0.438. The second kappa shape index (κ2) is 8.17. The van der Waals surface area contributed by atoms with Gasteiger partial charge in [-0.2, -0.15) is 0 Å². The molecule has 0 spiro atoms. The van der Waals surface area contributed by atoms with E-state index in [1.807, 2.05) is 20.8 Å². The van der Waals surface area contributed by atoms with Gasteiger partial charge in [0.25, 0.3) is 0 Å². The first-order valence-corrected chi connectivity index (χ1v) is 8.88. The number of nitrogens with zero attached hydrogens (tertiary/aromatic N) is 3. The van der Waals surface area contributed by atoms with Gasteiger partial charge in [0.05, 0.1) is 18.1 Å². The van der Waals surface area contributed by atoms with E-state index in [9.17, 15) is 9.59 Å². The minimum atomic E-state index is -0.584. The third-order valence-electron chi connectivity index (χ3n) is 3.17. The summed E-state index contributed by atoms with van der Waals surface area (Å²) in [6.07, 6.45) is 1.28. The Morgan fingerprint density at radius 3 is 2.69 bits per heavy atom. The zero-order valence-electron chi connectivity index (χ0n) is 15.0. The Morgan fingerprint density at radius 2 is 2.12 bits per heavy atom. The minimum Gasteiger partial charge on any atom is -0.462 e. The first-order chi connectivity index (χ1) is 12.2. The van der Waals surface area contributed by atoms with Gasteiger partial charge in [-0.25, -0.2) is 14.8 Å². The van der Waals surface area contributed by atoms with Gasteiger partial charge in [-0.1, -0.05) is 37.7 Å². The summed E-state index contributed by atoms with van der Waals surface area (Å²) in [7, 11) is 0. The predicted octanol–water partition coefficient (Wildman–Crippen LogP) is 2.25. The molecule has 0 saturated carbocycles. The lowest BCUT2D eigenvalue weighted by atomic mass is 9.92. The third kappa shape index (κ3) is 5.19. The molecule has 140 valence electrons. The zero-order chi connectivity index (χ0) is 19.3. The number of thioether (sulfide) groups is 1. The Labute approximate surface area is 155 Å². The van der Waals surface area contributed by atoms with Crippen molar-refractivity contribution in [1.82, 2.24) is 15.1 Å². The highest BCUT2D eigenvalue weighted by Crippen LogP contribution is 2.24. The van der Waals surface area contributed by atoms with Crippen LogP contribution < -0.4 is 11.1 Å². The summed E-state index contributed by atoms with van der Waals surface area (Å²) in [5, 5.41) is 6.82. The smallest absolute Gasteiger partial charge is 0.343 e. The molecule has 1 amide bonds. The summed E-state index contributed by atoms with van der Waals surface area (Å²) in [6.45, 7) is 7.90. The fourth-order valence-corrected chi connectivity index (χ4v) is 2.43. The molecular formula is C16H21N5O4S. The Hall–Kier alpha value is -2.62. The number of rotatable bonds is 6. The number of nitrogen functional groups attached to an aromatic ring is 1. The molecule has 2 heterocycles. The summed E-state index contributed by atoms with van der Waals surface area (Å²) in [6, 6.07) is 1.69. The molecule has 2 aromatic rings. The van der Waals surface area contributed by atoms with Crippen LogP contribution in [0.3, 0.4) is 0 Å². The highest BCUT2D eigenvalue weighted by Gasteiger charge is 2.20. The highest BCUT2D eigenvalue weighted by atomic mass is 32.2. The van der Waals surface area contributed by atoms with E-state index < -0.39 is 5.97 Å². The Morgan fingerprint density at radius 1 is 1.38 bits per heavy atom. The van der Waals surface area contributed by atoms with E-state index in [0.29, 0.717) is 0 Å². The van der Waals surface area contributed by atoms with E-state index in [1.165, 1.54) is 6.20 Å². The van der Waals surface area contributed by atoms with E-state index in [2.05, 4.69) is 20.4 Å². The van der Waals surface area contributed by atoms with Gasteiger partial charge in [-0.05, 0) is 6.92 Å². The lowest BCUT2D eigenvalue weighted by molar-refractivity contribution is -0.113. The topological polar surface area (TPSA) is 133 Å². The molecular weight excluding hydrogens is 358 g/mol. The molecule has 0 aliphatic rings. The van der Waals surface area contributed by atoms with Crippen molar-refractivity contribution in [1.29, 1.82) is 0 Å². The van der Waals surface area contributed by atoms with Crippen molar-refractivity contribution in [2.45, 2.75) is 38.3 Å². The molecule has 2 rings (SSSR count). The average Bonchev–Trinajstić information content (AvgIpc) is 3.02. The Balaban J connectivity index is 1.92. The zero-order valence-corrected chi connectivity index (χ0v) is 15.8. The van der Waals surface area contributed by atoms with E-state index >= 15 is 0 Å². The Kier molecular flexibility index (Phi) is 6.19. The lowest BCUT2D eigenvalue weighted by Gasteiger charge is -2.12. The van der Waals surface area contributed by atoms with Gasteiger partial charge in [0.1, 0.15) is 11.4 Å². The monoisotopic (exact) mass is 379 g/mol. The molecule has 26 heavy (non-hydrogen) atoms. The van der Waals surface area contributed by atoms with Crippen LogP contribution in [0.2, 0.25) is 0 Å². The quantitative estimate of drug-likeness (QED) is 0.440. The molecule has 0 bridgehead atoms. The van der Waals surface area contributed by atoms with Gasteiger partial charge in [-0.15, -0.1) is 0 Å². The van der Waals surface area contributed by atoms with Crippen molar-refractivity contribution in [3.05, 3.63) is 23.5 Å². The summed E-state index contributed by atoms with van der Waals surface area (Å²) in [5.41, 5.74) is 6.40. The summed E-state index contributed by atoms with van der Waals surface area (Å²) >= 11 is 1.08. The Bertz CT molecular complexity index is 800. The maximum atomic E-state index is 12.0. The van der Waals surface area contributed by atoms with E-state index in [1.54, 1.807) is 13.0 Å². The predicted molar refractivity (Wildman–Crippen MR) is 97.0 cm³/mol. The molecule has 0 unspecified atom stereocenters. The van der Waals surface area contributed by atoms with Crippen LogP contribution in [0.1, 0.15) is 43.7 Å². The van der Waals surface area contributed by atoms with Crippen LogP contribution in [0.5, 0.6) is 0 Å². The molecule has 0 fully saturated rings. The first kappa shape index (κ1) is 19.7. The third-order valence-corrected chi connectivity index (χ3v) is 4.03. The van der Waals surface area contributed by atoms with E-state index in [0.717, 1.165) is 17.5 Å². The minimum absolute atomic E-state index is 0.00594. The number of hydrogen-bond acceptors (Lipinski definition) is 9. The lowest BCUT2D eigenvalue weighted by Crippen LogP contribution is -2.15. The molecule has 0 saturated heterocycles. The van der Waals surface area contributed by atoms with Crippen LogP contribution in [0.15, 0.2) is 21.9 Å². The standard InChI is InChI=1S/C16H21N5O4S/c1-5-24-14(23)9-7-18-15(20-13(9)17)26-8-11(22)19-12-6-10(21-25-12)16(2,3)4/h6-7H,5,8H2,1-4H3,(H,19,22)(H2,17,18,20). The van der Waals surface area contributed by atoms with E-state index in [4.69, 9.17) is 15.0 Å². The van der Waals surface area contributed by atoms with Gasteiger partial charge in [-0.3, -0.25) is 10.1 Å². The van der Waals surface area contributed by atoms with Crippen LogP contribution in [-0.4, -0.2) is 39.4 Å². The summed E-state index contributed by atoms with van der Waals surface area (Å²) in [4.78, 5) is 31.7. The van der Waals surface area contributed by atoms with Crippen LogP contribution in [0.4, 0.5) is 11.7 Å². The van der Waals surface area contributed by atoms with Gasteiger partial charge in [0.15, 0.2) is 5.16 Å². The maximum absolute atomic E-state index is 12.0. The van der Waals surface area contributed by atoms with Crippen molar-refractivity contribution >= 4 is 35.3 Å².